The van der Waals surface area contributed by atoms with Crippen molar-refractivity contribution in [3.63, 3.8) is 0 Å². The van der Waals surface area contributed by atoms with E-state index >= 15 is 0 Å². The molecule has 1 aromatic carbocycles. The molecule has 1 rings (SSSR count). The summed E-state index contributed by atoms with van der Waals surface area (Å²) in [6.07, 6.45) is 6.30. The van der Waals surface area contributed by atoms with Gasteiger partial charge in [0.05, 0.1) is 12.8 Å². The van der Waals surface area contributed by atoms with Crippen molar-refractivity contribution in [2.75, 3.05) is 12.8 Å². The van der Waals surface area contributed by atoms with Crippen LogP contribution >= 0.6 is 15.9 Å². The monoisotopic (exact) mass is 301 g/mol. The molecule has 1 aromatic rings. The summed E-state index contributed by atoms with van der Waals surface area (Å²) in [4.78, 5) is 0. The lowest BCUT2D eigenvalue weighted by Crippen LogP contribution is -2.29. The number of halogens is 1. The summed E-state index contributed by atoms with van der Waals surface area (Å²) < 4.78 is 25.0. The minimum Gasteiger partial charge on any atom is -0.212 e. The van der Waals surface area contributed by atoms with Gasteiger partial charge in [-0.3, -0.25) is 0 Å². The molecule has 0 amide bonds. The average Bonchev–Trinajstić information content (AvgIpc) is 2.16. The molecule has 0 aliphatic heterocycles. The van der Waals surface area contributed by atoms with Crippen molar-refractivity contribution >= 4 is 26.0 Å². The molecule has 0 saturated carbocycles. The second-order valence-corrected chi connectivity index (χ2v) is 6.26. The van der Waals surface area contributed by atoms with Gasteiger partial charge in [-0.15, -0.1) is 6.42 Å². The van der Waals surface area contributed by atoms with Crippen LogP contribution in [0, 0.1) is 12.3 Å². The first-order valence-electron chi connectivity index (χ1n) is 4.56. The number of terminal acetylenes is 1. The molecule has 0 aliphatic rings. The predicted octanol–water partition coefficient (Wildman–Crippen LogP) is 1.84. The molecule has 0 saturated heterocycles. The lowest BCUT2D eigenvalue weighted by molar-refractivity contribution is 0.447. The van der Waals surface area contributed by atoms with E-state index in [1.54, 1.807) is 0 Å². The van der Waals surface area contributed by atoms with Crippen LogP contribution in [0.5, 0.6) is 0 Å². The molecule has 0 heterocycles. The molecule has 0 aromatic heterocycles. The van der Waals surface area contributed by atoms with E-state index in [2.05, 4.69) is 21.9 Å². The highest BCUT2D eigenvalue weighted by atomic mass is 79.9. The molecule has 0 fully saturated rings. The first-order valence-corrected chi connectivity index (χ1v) is 7.20. The van der Waals surface area contributed by atoms with Crippen molar-refractivity contribution in [3.8, 4) is 12.3 Å². The third-order valence-electron chi connectivity index (χ3n) is 1.98. The average molecular weight is 302 g/mol. The Balaban J connectivity index is 2.89. The van der Waals surface area contributed by atoms with Crippen molar-refractivity contribution in [1.29, 1.82) is 0 Å². The zero-order valence-corrected chi connectivity index (χ0v) is 11.3. The number of nitrogens with zero attached hydrogens (tertiary/aromatic N) is 1. The van der Waals surface area contributed by atoms with Gasteiger partial charge in [0.15, 0.2) is 0 Å². The maximum Gasteiger partial charge on any atom is 0.212 e. The Morgan fingerprint density at radius 3 is 2.69 bits per heavy atom. The molecule has 0 bridgehead atoms. The highest BCUT2D eigenvalue weighted by Gasteiger charge is 2.15. The third kappa shape index (κ3) is 3.97. The van der Waals surface area contributed by atoms with Crippen molar-refractivity contribution in [1.82, 2.24) is 4.31 Å². The Morgan fingerprint density at radius 1 is 1.50 bits per heavy atom. The van der Waals surface area contributed by atoms with Gasteiger partial charge in [0.25, 0.3) is 0 Å². The summed E-state index contributed by atoms with van der Waals surface area (Å²) in [7, 11) is -3.26. The molecule has 0 aliphatic carbocycles. The smallest absolute Gasteiger partial charge is 0.212 e. The van der Waals surface area contributed by atoms with Crippen LogP contribution in [0.2, 0.25) is 0 Å². The van der Waals surface area contributed by atoms with Gasteiger partial charge in [-0.1, -0.05) is 34.0 Å². The number of benzene rings is 1. The number of hydrogen-bond acceptors (Lipinski definition) is 2. The summed E-state index contributed by atoms with van der Waals surface area (Å²) in [5, 5.41) is 0. The first kappa shape index (κ1) is 13.2. The summed E-state index contributed by atoms with van der Waals surface area (Å²) in [6, 6.07) is 7.47. The number of rotatable bonds is 4. The van der Waals surface area contributed by atoms with E-state index < -0.39 is 10.0 Å². The summed E-state index contributed by atoms with van der Waals surface area (Å²) in [5.41, 5.74) is 0.898. The van der Waals surface area contributed by atoms with E-state index in [4.69, 9.17) is 6.42 Å². The molecule has 3 nitrogen and oxygen atoms in total. The van der Waals surface area contributed by atoms with Gasteiger partial charge in [-0.05, 0) is 17.7 Å². The molecule has 0 unspecified atom stereocenters. The van der Waals surface area contributed by atoms with Gasteiger partial charge in [0, 0.05) is 11.0 Å². The summed E-state index contributed by atoms with van der Waals surface area (Å²) in [5.74, 6) is 2.34. The Morgan fingerprint density at radius 2 is 2.19 bits per heavy atom. The van der Waals surface area contributed by atoms with Crippen molar-refractivity contribution in [2.24, 2.45) is 0 Å². The Labute approximate surface area is 105 Å². The van der Waals surface area contributed by atoms with E-state index in [1.165, 1.54) is 4.31 Å². The molecule has 16 heavy (non-hydrogen) atoms. The fourth-order valence-corrected chi connectivity index (χ4v) is 2.37. The summed E-state index contributed by atoms with van der Waals surface area (Å²) >= 11 is 3.33. The number of hydrogen-bond donors (Lipinski definition) is 0. The SMILES string of the molecule is C#CCN(Cc1cccc(Br)c1)S(C)(=O)=O. The molecular formula is C11H12BrNO2S. The minimum absolute atomic E-state index is 0.0886. The van der Waals surface area contributed by atoms with Gasteiger partial charge >= 0.3 is 0 Å². The van der Waals surface area contributed by atoms with Gasteiger partial charge in [-0.25, -0.2) is 8.42 Å². The van der Waals surface area contributed by atoms with Crippen molar-refractivity contribution in [3.05, 3.63) is 34.3 Å². The number of sulfonamides is 1. The van der Waals surface area contributed by atoms with Crippen LogP contribution in [0.3, 0.4) is 0 Å². The van der Waals surface area contributed by atoms with E-state index in [1.807, 2.05) is 24.3 Å². The maximum atomic E-state index is 11.4. The second-order valence-electron chi connectivity index (χ2n) is 3.37. The molecular weight excluding hydrogens is 290 g/mol. The van der Waals surface area contributed by atoms with Crippen LogP contribution in [0.1, 0.15) is 5.56 Å². The molecule has 5 heteroatoms. The Hall–Kier alpha value is -0.830. The van der Waals surface area contributed by atoms with Gasteiger partial charge in [0.2, 0.25) is 10.0 Å². The Bertz CT molecular complexity index is 505. The Kier molecular flexibility index (Phi) is 4.54. The van der Waals surface area contributed by atoms with Crippen LogP contribution < -0.4 is 0 Å². The van der Waals surface area contributed by atoms with E-state index in [0.717, 1.165) is 16.3 Å². The molecule has 0 radical (unpaired) electrons. The van der Waals surface area contributed by atoms with Gasteiger partial charge in [0.1, 0.15) is 0 Å². The van der Waals surface area contributed by atoms with Crippen LogP contribution in [0.25, 0.3) is 0 Å². The zero-order chi connectivity index (χ0) is 12.2. The van der Waals surface area contributed by atoms with Gasteiger partial charge < -0.3 is 0 Å². The van der Waals surface area contributed by atoms with Crippen molar-refractivity contribution in [2.45, 2.75) is 6.54 Å². The lowest BCUT2D eigenvalue weighted by Gasteiger charge is -2.17. The normalized spacial score (nSPS) is 11.4. The van der Waals surface area contributed by atoms with E-state index in [-0.39, 0.29) is 6.54 Å². The standard InChI is InChI=1S/C11H12BrNO2S/c1-3-7-13(16(2,14)15)9-10-5-4-6-11(12)8-10/h1,4-6,8H,7,9H2,2H3. The first-order chi connectivity index (χ1) is 7.43. The lowest BCUT2D eigenvalue weighted by atomic mass is 10.2. The molecule has 86 valence electrons. The van der Waals surface area contributed by atoms with Crippen molar-refractivity contribution < 1.29 is 8.42 Å². The largest absolute Gasteiger partial charge is 0.212 e. The fourth-order valence-electron chi connectivity index (χ4n) is 1.23. The minimum atomic E-state index is -3.26. The van der Waals surface area contributed by atoms with Gasteiger partial charge in [-0.2, -0.15) is 4.31 Å². The maximum absolute atomic E-state index is 11.4. The quantitative estimate of drug-likeness (QED) is 0.796. The highest BCUT2D eigenvalue weighted by molar-refractivity contribution is 9.10. The fraction of sp³-hybridized carbons (Fsp3) is 0.273. The highest BCUT2D eigenvalue weighted by Crippen LogP contribution is 2.14. The van der Waals surface area contributed by atoms with Crippen LogP contribution in [0.4, 0.5) is 0 Å². The zero-order valence-electron chi connectivity index (χ0n) is 8.85. The molecule has 0 atom stereocenters. The van der Waals surface area contributed by atoms with Crippen LogP contribution in [0.15, 0.2) is 28.7 Å². The van der Waals surface area contributed by atoms with Crippen LogP contribution in [-0.4, -0.2) is 25.5 Å². The topological polar surface area (TPSA) is 37.4 Å². The third-order valence-corrected chi connectivity index (χ3v) is 3.67. The van der Waals surface area contributed by atoms with E-state index in [9.17, 15) is 8.42 Å². The predicted molar refractivity (Wildman–Crippen MR) is 68.2 cm³/mol. The molecule has 0 spiro atoms. The van der Waals surface area contributed by atoms with E-state index in [0.29, 0.717) is 6.54 Å². The molecule has 0 N–H and O–H groups in total. The second kappa shape index (κ2) is 5.48. The summed E-state index contributed by atoms with van der Waals surface area (Å²) in [6.45, 7) is 0.383. The van der Waals surface area contributed by atoms with Crippen LogP contribution in [-0.2, 0) is 16.6 Å².